The van der Waals surface area contributed by atoms with Crippen molar-refractivity contribution in [2.75, 3.05) is 30.3 Å². The van der Waals surface area contributed by atoms with Crippen molar-refractivity contribution in [2.45, 2.75) is 38.5 Å². The Morgan fingerprint density at radius 3 is 2.68 bits per heavy atom. The van der Waals surface area contributed by atoms with Gasteiger partial charge in [0.2, 0.25) is 17.7 Å². The molecule has 0 spiro atoms. The maximum absolute atomic E-state index is 12.5. The van der Waals surface area contributed by atoms with Gasteiger partial charge < -0.3 is 14.6 Å². The van der Waals surface area contributed by atoms with Crippen LogP contribution in [0.3, 0.4) is 0 Å². The highest BCUT2D eigenvalue weighted by molar-refractivity contribution is 7.99. The van der Waals surface area contributed by atoms with Gasteiger partial charge in [-0.1, -0.05) is 17.8 Å². The second kappa shape index (κ2) is 9.82. The second-order valence-corrected chi connectivity index (χ2v) is 10.7. The van der Waals surface area contributed by atoms with E-state index in [1.54, 1.807) is 6.92 Å². The van der Waals surface area contributed by atoms with E-state index in [1.165, 1.54) is 10.5 Å². The minimum Gasteiger partial charge on any atom is -0.411 e. The summed E-state index contributed by atoms with van der Waals surface area (Å²) in [4.78, 5) is 26.2. The minimum absolute atomic E-state index is 0.0470. The molecule has 1 fully saturated rings. The molecule has 2 heterocycles. The number of carbonyl (C=O) groups excluding carboxylic acids is 2. The van der Waals surface area contributed by atoms with Gasteiger partial charge in [-0.2, -0.15) is 0 Å². The van der Waals surface area contributed by atoms with Gasteiger partial charge in [-0.3, -0.25) is 9.59 Å². The number of hydrogen-bond donors (Lipinski definition) is 1. The molecular weight excluding hydrogens is 440 g/mol. The van der Waals surface area contributed by atoms with E-state index in [0.717, 1.165) is 22.9 Å². The number of likely N-dealkylation sites (N-methyl/N-ethyl adjacent to an activating group) is 1. The summed E-state index contributed by atoms with van der Waals surface area (Å²) in [5.74, 6) is -0.136. The fourth-order valence-electron chi connectivity index (χ4n) is 3.21. The fourth-order valence-corrected chi connectivity index (χ4v) is 5.55. The first-order chi connectivity index (χ1) is 14.7. The van der Waals surface area contributed by atoms with Crippen molar-refractivity contribution in [1.29, 1.82) is 0 Å². The SMILES string of the molecule is CCN(CC(=O)NC1CCS(=O)(=O)C1)C(=O)CSc1nnc(-c2ccc(C)c(C)c2)o1. The monoisotopic (exact) mass is 466 g/mol. The molecule has 0 bridgehead atoms. The van der Waals surface area contributed by atoms with Crippen LogP contribution in [0, 0.1) is 13.8 Å². The Balaban J connectivity index is 1.51. The van der Waals surface area contributed by atoms with Crippen LogP contribution in [0.15, 0.2) is 27.8 Å². The van der Waals surface area contributed by atoms with Crippen LogP contribution in [0.5, 0.6) is 0 Å². The lowest BCUT2D eigenvalue weighted by Gasteiger charge is -2.21. The van der Waals surface area contributed by atoms with Crippen molar-refractivity contribution in [1.82, 2.24) is 20.4 Å². The zero-order valence-corrected chi connectivity index (χ0v) is 19.4. The molecule has 1 aliphatic heterocycles. The van der Waals surface area contributed by atoms with E-state index in [9.17, 15) is 18.0 Å². The predicted molar refractivity (Wildman–Crippen MR) is 117 cm³/mol. The van der Waals surface area contributed by atoms with E-state index in [2.05, 4.69) is 15.5 Å². The van der Waals surface area contributed by atoms with Gasteiger partial charge in [0.15, 0.2) is 9.84 Å². The molecule has 3 rings (SSSR count). The molecule has 31 heavy (non-hydrogen) atoms. The van der Waals surface area contributed by atoms with Gasteiger partial charge in [0.1, 0.15) is 0 Å². The van der Waals surface area contributed by atoms with E-state index < -0.39 is 9.84 Å². The lowest BCUT2D eigenvalue weighted by molar-refractivity contribution is -0.134. The first-order valence-corrected chi connectivity index (χ1v) is 12.8. The zero-order valence-electron chi connectivity index (χ0n) is 17.8. The standard InChI is InChI=1S/C20H26N4O5S2/c1-4-24(10-17(25)21-16-7-8-31(27,28)12-16)18(26)11-30-20-23-22-19(29-20)15-6-5-13(2)14(3)9-15/h5-6,9,16H,4,7-8,10-12H2,1-3H3,(H,21,25). The van der Waals surface area contributed by atoms with Crippen molar-refractivity contribution < 1.29 is 22.4 Å². The minimum atomic E-state index is -3.08. The number of carbonyl (C=O) groups is 2. The van der Waals surface area contributed by atoms with Crippen LogP contribution in [0.2, 0.25) is 0 Å². The largest absolute Gasteiger partial charge is 0.411 e. The van der Waals surface area contributed by atoms with Crippen LogP contribution >= 0.6 is 11.8 Å². The van der Waals surface area contributed by atoms with Crippen LogP contribution in [-0.4, -0.2) is 71.7 Å². The number of hydrogen-bond acceptors (Lipinski definition) is 8. The first kappa shape index (κ1) is 23.3. The first-order valence-electron chi connectivity index (χ1n) is 9.98. The van der Waals surface area contributed by atoms with Crippen molar-refractivity contribution in [2.24, 2.45) is 0 Å². The van der Waals surface area contributed by atoms with E-state index in [0.29, 0.717) is 18.9 Å². The topological polar surface area (TPSA) is 122 Å². The Kier molecular flexibility index (Phi) is 7.37. The lowest BCUT2D eigenvalue weighted by atomic mass is 10.1. The second-order valence-electron chi connectivity index (χ2n) is 7.54. The summed E-state index contributed by atoms with van der Waals surface area (Å²) in [7, 11) is -3.08. The van der Waals surface area contributed by atoms with Crippen LogP contribution in [-0.2, 0) is 19.4 Å². The maximum atomic E-state index is 12.5. The quantitative estimate of drug-likeness (QED) is 0.582. The van der Waals surface area contributed by atoms with Gasteiger partial charge in [-0.25, -0.2) is 8.42 Å². The molecule has 1 aromatic heterocycles. The van der Waals surface area contributed by atoms with Gasteiger partial charge in [-0.05, 0) is 50.5 Å². The van der Waals surface area contributed by atoms with Crippen molar-refractivity contribution >= 4 is 33.4 Å². The van der Waals surface area contributed by atoms with Crippen LogP contribution < -0.4 is 5.32 Å². The molecule has 2 aromatic rings. The predicted octanol–water partition coefficient (Wildman–Crippen LogP) is 1.60. The summed E-state index contributed by atoms with van der Waals surface area (Å²) in [6, 6.07) is 5.47. The molecule has 1 atom stereocenters. The third-order valence-electron chi connectivity index (χ3n) is 5.15. The number of thioether (sulfide) groups is 1. The van der Waals surface area contributed by atoms with E-state index in [1.807, 2.05) is 32.0 Å². The Morgan fingerprint density at radius 2 is 2.03 bits per heavy atom. The third-order valence-corrected chi connectivity index (χ3v) is 7.72. The number of aromatic nitrogens is 2. The summed E-state index contributed by atoms with van der Waals surface area (Å²) in [5, 5.41) is 11.0. The van der Waals surface area contributed by atoms with Gasteiger partial charge in [0.05, 0.1) is 23.8 Å². The highest BCUT2D eigenvalue weighted by atomic mass is 32.2. The smallest absolute Gasteiger partial charge is 0.277 e. The van der Waals surface area contributed by atoms with E-state index >= 15 is 0 Å². The Morgan fingerprint density at radius 1 is 1.26 bits per heavy atom. The molecule has 1 N–H and O–H groups in total. The number of sulfone groups is 1. The molecular formula is C20H26N4O5S2. The summed E-state index contributed by atoms with van der Waals surface area (Å²) in [5.41, 5.74) is 3.10. The third kappa shape index (κ3) is 6.30. The molecule has 0 aliphatic carbocycles. The lowest BCUT2D eigenvalue weighted by Crippen LogP contribution is -2.45. The number of rotatable bonds is 8. The molecule has 1 saturated heterocycles. The Bertz CT molecular complexity index is 1070. The number of aryl methyl sites for hydroxylation is 2. The average molecular weight is 467 g/mol. The molecule has 9 nitrogen and oxygen atoms in total. The molecule has 168 valence electrons. The maximum Gasteiger partial charge on any atom is 0.277 e. The van der Waals surface area contributed by atoms with Crippen molar-refractivity contribution in [3.63, 3.8) is 0 Å². The molecule has 1 aliphatic rings. The van der Waals surface area contributed by atoms with Gasteiger partial charge in [0.25, 0.3) is 5.22 Å². The van der Waals surface area contributed by atoms with Gasteiger partial charge >= 0.3 is 0 Å². The Labute approximate surface area is 185 Å². The molecule has 0 saturated carbocycles. The number of nitrogens with one attached hydrogen (secondary N) is 1. The normalized spacial score (nSPS) is 17.5. The molecule has 0 radical (unpaired) electrons. The number of amides is 2. The van der Waals surface area contributed by atoms with Gasteiger partial charge in [0, 0.05) is 18.2 Å². The number of nitrogens with zero attached hydrogens (tertiary/aromatic N) is 3. The van der Waals surface area contributed by atoms with Crippen LogP contribution in [0.1, 0.15) is 24.5 Å². The van der Waals surface area contributed by atoms with E-state index in [4.69, 9.17) is 4.42 Å². The molecule has 1 unspecified atom stereocenters. The summed E-state index contributed by atoms with van der Waals surface area (Å²) in [6.45, 7) is 6.04. The van der Waals surface area contributed by atoms with Crippen LogP contribution in [0.25, 0.3) is 11.5 Å². The average Bonchev–Trinajstić information content (AvgIpc) is 3.32. The highest BCUT2D eigenvalue weighted by Crippen LogP contribution is 2.25. The molecule has 2 amide bonds. The Hall–Kier alpha value is -2.40. The van der Waals surface area contributed by atoms with E-state index in [-0.39, 0.29) is 46.9 Å². The zero-order chi connectivity index (χ0) is 22.6. The fraction of sp³-hybridized carbons (Fsp3) is 0.500. The van der Waals surface area contributed by atoms with Crippen molar-refractivity contribution in [3.05, 3.63) is 29.3 Å². The van der Waals surface area contributed by atoms with Crippen molar-refractivity contribution in [3.8, 4) is 11.5 Å². The van der Waals surface area contributed by atoms with Crippen LogP contribution in [0.4, 0.5) is 0 Å². The summed E-state index contributed by atoms with van der Waals surface area (Å²) >= 11 is 1.11. The summed E-state index contributed by atoms with van der Waals surface area (Å²) in [6.07, 6.45) is 0.407. The summed E-state index contributed by atoms with van der Waals surface area (Å²) < 4.78 is 28.7. The molecule has 11 heteroatoms. The van der Waals surface area contributed by atoms with Gasteiger partial charge in [-0.15, -0.1) is 10.2 Å². The number of benzene rings is 1. The molecule has 1 aromatic carbocycles. The highest BCUT2D eigenvalue weighted by Gasteiger charge is 2.29.